The standard InChI is InChI=1S/C15H23ClN2O/c1-3-14-11-18(7-8-19-14)15-9-13(16)6-5-12(15)10-17-4-2/h5-6,9,14,17H,3-4,7-8,10-11H2,1-2H3. The van der Waals surface area contributed by atoms with E-state index >= 15 is 0 Å². The summed E-state index contributed by atoms with van der Waals surface area (Å²) in [5.41, 5.74) is 2.55. The topological polar surface area (TPSA) is 24.5 Å². The second kappa shape index (κ2) is 7.13. The Bertz CT molecular complexity index is 411. The Morgan fingerprint density at radius 3 is 3.00 bits per heavy atom. The van der Waals surface area contributed by atoms with Crippen LogP contribution in [0.4, 0.5) is 5.69 Å². The summed E-state index contributed by atoms with van der Waals surface area (Å²) in [5, 5.41) is 4.19. The molecule has 1 aliphatic rings. The molecule has 0 saturated carbocycles. The maximum Gasteiger partial charge on any atom is 0.0748 e. The molecule has 1 unspecified atom stereocenters. The Hall–Kier alpha value is -0.770. The van der Waals surface area contributed by atoms with Crippen LogP contribution < -0.4 is 10.2 Å². The molecule has 1 aliphatic heterocycles. The first-order valence-corrected chi connectivity index (χ1v) is 7.48. The van der Waals surface area contributed by atoms with Gasteiger partial charge in [0.15, 0.2) is 0 Å². The lowest BCUT2D eigenvalue weighted by molar-refractivity contribution is 0.0384. The Balaban J connectivity index is 2.18. The third kappa shape index (κ3) is 3.85. The van der Waals surface area contributed by atoms with Crippen molar-refractivity contribution in [1.82, 2.24) is 5.32 Å². The summed E-state index contributed by atoms with van der Waals surface area (Å²) in [6, 6.07) is 6.17. The number of morpholine rings is 1. The number of halogens is 1. The molecule has 0 radical (unpaired) electrons. The van der Waals surface area contributed by atoms with Crippen LogP contribution >= 0.6 is 11.6 Å². The van der Waals surface area contributed by atoms with E-state index in [1.807, 2.05) is 6.07 Å². The molecule has 106 valence electrons. The van der Waals surface area contributed by atoms with Crippen molar-refractivity contribution in [2.24, 2.45) is 0 Å². The molecule has 1 atom stereocenters. The second-order valence-corrected chi connectivity index (χ2v) is 5.34. The maximum atomic E-state index is 6.16. The molecule has 4 heteroatoms. The molecule has 0 spiro atoms. The van der Waals surface area contributed by atoms with E-state index in [1.165, 1.54) is 11.3 Å². The van der Waals surface area contributed by atoms with Crippen molar-refractivity contribution < 1.29 is 4.74 Å². The fourth-order valence-electron chi connectivity index (χ4n) is 2.43. The monoisotopic (exact) mass is 282 g/mol. The smallest absolute Gasteiger partial charge is 0.0748 e. The first kappa shape index (κ1) is 14.6. The normalized spacial score (nSPS) is 19.7. The maximum absolute atomic E-state index is 6.16. The van der Waals surface area contributed by atoms with Crippen LogP contribution in [0.25, 0.3) is 0 Å². The SMILES string of the molecule is CCNCc1ccc(Cl)cc1N1CCOC(CC)C1. The van der Waals surface area contributed by atoms with E-state index in [9.17, 15) is 0 Å². The molecule has 0 aliphatic carbocycles. The highest BCUT2D eigenvalue weighted by molar-refractivity contribution is 6.30. The zero-order valence-electron chi connectivity index (χ0n) is 11.8. The first-order valence-electron chi connectivity index (χ1n) is 7.10. The Morgan fingerprint density at radius 2 is 2.26 bits per heavy atom. The van der Waals surface area contributed by atoms with Crippen molar-refractivity contribution in [2.45, 2.75) is 32.9 Å². The molecule has 1 N–H and O–H groups in total. The van der Waals surface area contributed by atoms with Crippen LogP contribution in [-0.2, 0) is 11.3 Å². The minimum absolute atomic E-state index is 0.333. The van der Waals surface area contributed by atoms with Crippen molar-refractivity contribution >= 4 is 17.3 Å². The lowest BCUT2D eigenvalue weighted by Crippen LogP contribution is -2.42. The highest BCUT2D eigenvalue weighted by Gasteiger charge is 2.21. The van der Waals surface area contributed by atoms with Crippen LogP contribution in [0.5, 0.6) is 0 Å². The number of hydrogen-bond acceptors (Lipinski definition) is 3. The van der Waals surface area contributed by atoms with Gasteiger partial charge in [-0.2, -0.15) is 0 Å². The molecule has 1 aromatic carbocycles. The lowest BCUT2D eigenvalue weighted by Gasteiger charge is -2.35. The predicted molar refractivity (Wildman–Crippen MR) is 81.1 cm³/mol. The highest BCUT2D eigenvalue weighted by Crippen LogP contribution is 2.27. The molecule has 0 amide bonds. The zero-order valence-corrected chi connectivity index (χ0v) is 12.5. The van der Waals surface area contributed by atoms with E-state index < -0.39 is 0 Å². The summed E-state index contributed by atoms with van der Waals surface area (Å²) < 4.78 is 5.74. The lowest BCUT2D eigenvalue weighted by atomic mass is 10.1. The summed E-state index contributed by atoms with van der Waals surface area (Å²) in [6.45, 7) is 8.85. The van der Waals surface area contributed by atoms with E-state index in [0.717, 1.165) is 44.2 Å². The Kier molecular flexibility index (Phi) is 5.49. The van der Waals surface area contributed by atoms with Gasteiger partial charge in [0.2, 0.25) is 0 Å². The number of nitrogens with zero attached hydrogens (tertiary/aromatic N) is 1. The van der Waals surface area contributed by atoms with Crippen molar-refractivity contribution in [1.29, 1.82) is 0 Å². The Labute approximate surface area is 120 Å². The predicted octanol–water partition coefficient (Wildman–Crippen LogP) is 3.06. The van der Waals surface area contributed by atoms with E-state index in [2.05, 4.69) is 36.2 Å². The van der Waals surface area contributed by atoms with Crippen LogP contribution in [0, 0.1) is 0 Å². The summed E-state index contributed by atoms with van der Waals surface area (Å²) in [5.74, 6) is 0. The quantitative estimate of drug-likeness (QED) is 0.898. The molecule has 1 aromatic rings. The number of rotatable bonds is 5. The molecule has 3 nitrogen and oxygen atoms in total. The van der Waals surface area contributed by atoms with Gasteiger partial charge in [-0.05, 0) is 30.7 Å². The summed E-state index contributed by atoms with van der Waals surface area (Å²) >= 11 is 6.16. The number of hydrogen-bond donors (Lipinski definition) is 1. The fourth-order valence-corrected chi connectivity index (χ4v) is 2.59. The third-order valence-corrected chi connectivity index (χ3v) is 3.78. The van der Waals surface area contributed by atoms with E-state index in [0.29, 0.717) is 6.10 Å². The van der Waals surface area contributed by atoms with Gasteiger partial charge in [-0.3, -0.25) is 0 Å². The number of anilines is 1. The second-order valence-electron chi connectivity index (χ2n) is 4.90. The summed E-state index contributed by atoms with van der Waals surface area (Å²) in [7, 11) is 0. The van der Waals surface area contributed by atoms with Crippen LogP contribution in [0.3, 0.4) is 0 Å². The van der Waals surface area contributed by atoms with Gasteiger partial charge in [-0.15, -0.1) is 0 Å². The van der Waals surface area contributed by atoms with Gasteiger partial charge in [0.05, 0.1) is 12.7 Å². The molecular formula is C15H23ClN2O. The molecule has 1 saturated heterocycles. The van der Waals surface area contributed by atoms with Crippen LogP contribution in [0.2, 0.25) is 5.02 Å². The minimum Gasteiger partial charge on any atom is -0.375 e. The minimum atomic E-state index is 0.333. The van der Waals surface area contributed by atoms with Crippen molar-refractivity contribution in [3.63, 3.8) is 0 Å². The molecule has 1 heterocycles. The molecule has 1 fully saturated rings. The summed E-state index contributed by atoms with van der Waals surface area (Å²) in [4.78, 5) is 2.40. The average molecular weight is 283 g/mol. The number of benzene rings is 1. The molecule has 0 aromatic heterocycles. The number of nitrogens with one attached hydrogen (secondary N) is 1. The van der Waals surface area contributed by atoms with Gasteiger partial charge in [-0.25, -0.2) is 0 Å². The van der Waals surface area contributed by atoms with Crippen LogP contribution in [0.15, 0.2) is 18.2 Å². The van der Waals surface area contributed by atoms with Crippen molar-refractivity contribution in [3.05, 3.63) is 28.8 Å². The van der Waals surface area contributed by atoms with Gasteiger partial charge in [-0.1, -0.05) is 31.5 Å². The molecular weight excluding hydrogens is 260 g/mol. The van der Waals surface area contributed by atoms with Gasteiger partial charge in [0.1, 0.15) is 0 Å². The summed E-state index contributed by atoms with van der Waals surface area (Å²) in [6.07, 6.45) is 1.39. The van der Waals surface area contributed by atoms with E-state index in [4.69, 9.17) is 16.3 Å². The van der Waals surface area contributed by atoms with Crippen LogP contribution in [0.1, 0.15) is 25.8 Å². The van der Waals surface area contributed by atoms with Gasteiger partial charge >= 0.3 is 0 Å². The van der Waals surface area contributed by atoms with E-state index in [1.54, 1.807) is 0 Å². The van der Waals surface area contributed by atoms with Crippen LogP contribution in [-0.4, -0.2) is 32.3 Å². The van der Waals surface area contributed by atoms with Crippen molar-refractivity contribution in [3.8, 4) is 0 Å². The Morgan fingerprint density at radius 1 is 1.42 bits per heavy atom. The third-order valence-electron chi connectivity index (χ3n) is 3.55. The first-order chi connectivity index (χ1) is 9.24. The van der Waals surface area contributed by atoms with Gasteiger partial charge in [0.25, 0.3) is 0 Å². The van der Waals surface area contributed by atoms with E-state index in [-0.39, 0.29) is 0 Å². The zero-order chi connectivity index (χ0) is 13.7. The van der Waals surface area contributed by atoms with Gasteiger partial charge < -0.3 is 15.0 Å². The molecule has 0 bridgehead atoms. The molecule has 2 rings (SSSR count). The van der Waals surface area contributed by atoms with Crippen molar-refractivity contribution in [2.75, 3.05) is 31.1 Å². The number of ether oxygens (including phenoxy) is 1. The fraction of sp³-hybridized carbons (Fsp3) is 0.600. The van der Waals surface area contributed by atoms with Gasteiger partial charge in [0, 0.05) is 30.3 Å². The largest absolute Gasteiger partial charge is 0.375 e. The average Bonchev–Trinajstić information content (AvgIpc) is 2.46. The highest BCUT2D eigenvalue weighted by atomic mass is 35.5. The molecule has 19 heavy (non-hydrogen) atoms.